The van der Waals surface area contributed by atoms with Crippen molar-refractivity contribution in [3.8, 4) is 11.5 Å². The lowest BCUT2D eigenvalue weighted by Gasteiger charge is -2.07. The van der Waals surface area contributed by atoms with Crippen molar-refractivity contribution in [2.45, 2.75) is 6.92 Å². The molecule has 0 radical (unpaired) electrons. The summed E-state index contributed by atoms with van der Waals surface area (Å²) in [4.78, 5) is 13.2. The molecule has 1 aliphatic heterocycles. The van der Waals surface area contributed by atoms with E-state index in [1.54, 1.807) is 12.2 Å². The third-order valence-electron chi connectivity index (χ3n) is 4.25. The number of aryl methyl sites for hydroxylation is 1. The van der Waals surface area contributed by atoms with Gasteiger partial charge in [-0.3, -0.25) is 4.79 Å². The Morgan fingerprint density at radius 3 is 2.04 bits per heavy atom. The minimum absolute atomic E-state index is 0.217. The molecular weight excluding hydrogens is 416 g/mol. The average Bonchev–Trinajstić information content (AvgIpc) is 2.82. The highest BCUT2D eigenvalue weighted by Crippen LogP contribution is 2.36. The van der Waals surface area contributed by atoms with Crippen LogP contribution >= 0.6 is 15.9 Å². The average molecular weight is 433 g/mol. The molecule has 0 aliphatic carbocycles. The predicted octanol–water partition coefficient (Wildman–Crippen LogP) is 6.18. The van der Waals surface area contributed by atoms with E-state index in [1.807, 2.05) is 79.7 Å². The van der Waals surface area contributed by atoms with Crippen LogP contribution in [0.4, 0.5) is 0 Å². The number of fused-ring (bicyclic) bond motifs is 1. The Labute approximate surface area is 172 Å². The first kappa shape index (κ1) is 18.3. The molecule has 3 aromatic carbocycles. The van der Waals surface area contributed by atoms with Crippen LogP contribution in [0.15, 0.2) is 88.8 Å². The summed E-state index contributed by atoms with van der Waals surface area (Å²) in [6.07, 6.45) is 3.46. The highest BCUT2D eigenvalue weighted by atomic mass is 79.9. The molecule has 4 rings (SSSR count). The number of Topliss-reactive ketones (excluding diaryl/α,β-unsaturated/α-hetero) is 1. The van der Waals surface area contributed by atoms with Crippen molar-refractivity contribution >= 4 is 33.9 Å². The normalized spacial score (nSPS) is 16.3. The lowest BCUT2D eigenvalue weighted by atomic mass is 10.1. The fourth-order valence-electron chi connectivity index (χ4n) is 2.83. The van der Waals surface area contributed by atoms with Crippen molar-refractivity contribution in [2.24, 2.45) is 0 Å². The van der Waals surface area contributed by atoms with Crippen LogP contribution in [0.25, 0.3) is 12.2 Å². The summed E-state index contributed by atoms with van der Waals surface area (Å²) < 4.78 is 12.9. The topological polar surface area (TPSA) is 35.5 Å². The molecule has 1 aliphatic rings. The molecule has 138 valence electrons. The molecule has 3 nitrogen and oxygen atoms in total. The molecule has 4 heteroatoms. The number of carbonyl (C=O) groups excluding carboxylic acids is 1. The predicted molar refractivity (Wildman–Crippen MR) is 114 cm³/mol. The lowest BCUT2D eigenvalue weighted by molar-refractivity contribution is -0.115. The van der Waals surface area contributed by atoms with Crippen LogP contribution in [0.2, 0.25) is 0 Å². The first-order valence-corrected chi connectivity index (χ1v) is 9.63. The van der Waals surface area contributed by atoms with E-state index in [9.17, 15) is 4.79 Å². The van der Waals surface area contributed by atoms with Gasteiger partial charge in [0.25, 0.3) is 5.78 Å². The quantitative estimate of drug-likeness (QED) is 0.453. The molecule has 28 heavy (non-hydrogen) atoms. The largest absolute Gasteiger partial charge is 0.449 e. The van der Waals surface area contributed by atoms with Crippen LogP contribution in [0, 0.1) is 6.92 Å². The number of rotatable bonds is 2. The summed E-state index contributed by atoms with van der Waals surface area (Å²) in [5, 5.41) is 0. The van der Waals surface area contributed by atoms with Gasteiger partial charge >= 0.3 is 0 Å². The fraction of sp³-hybridized carbons (Fsp3) is 0.0417. The van der Waals surface area contributed by atoms with Gasteiger partial charge in [-0.05, 0) is 60.0 Å². The molecule has 0 saturated heterocycles. The molecule has 0 spiro atoms. The van der Waals surface area contributed by atoms with E-state index in [4.69, 9.17) is 9.47 Å². The van der Waals surface area contributed by atoms with E-state index < -0.39 is 0 Å². The van der Waals surface area contributed by atoms with E-state index in [1.165, 1.54) is 0 Å². The minimum Gasteiger partial charge on any atom is -0.449 e. The summed E-state index contributed by atoms with van der Waals surface area (Å²) in [6, 6.07) is 22.9. The van der Waals surface area contributed by atoms with Crippen LogP contribution in [0.5, 0.6) is 11.5 Å². The number of halogens is 1. The fourth-order valence-corrected chi connectivity index (χ4v) is 3.10. The van der Waals surface area contributed by atoms with Crippen LogP contribution in [0.3, 0.4) is 0 Å². The highest BCUT2D eigenvalue weighted by Gasteiger charge is 2.26. The molecular formula is C24H17BrO3. The van der Waals surface area contributed by atoms with Crippen molar-refractivity contribution in [1.29, 1.82) is 0 Å². The number of ketones is 1. The van der Waals surface area contributed by atoms with Crippen LogP contribution in [-0.2, 0) is 4.79 Å². The van der Waals surface area contributed by atoms with E-state index in [2.05, 4.69) is 15.9 Å². The van der Waals surface area contributed by atoms with Gasteiger partial charge in [-0.25, -0.2) is 0 Å². The van der Waals surface area contributed by atoms with Gasteiger partial charge in [0.15, 0.2) is 23.0 Å². The third-order valence-corrected chi connectivity index (χ3v) is 4.78. The van der Waals surface area contributed by atoms with Crippen molar-refractivity contribution in [3.63, 3.8) is 0 Å². The maximum atomic E-state index is 13.2. The third kappa shape index (κ3) is 4.07. The second kappa shape index (κ2) is 7.87. The minimum atomic E-state index is -0.305. The molecule has 0 saturated carbocycles. The van der Waals surface area contributed by atoms with Gasteiger partial charge < -0.3 is 9.47 Å². The Balaban J connectivity index is 1.82. The molecule has 0 atom stereocenters. The van der Waals surface area contributed by atoms with Crippen LogP contribution in [-0.4, -0.2) is 5.78 Å². The second-order valence-electron chi connectivity index (χ2n) is 6.46. The molecule has 0 amide bonds. The zero-order chi connectivity index (χ0) is 19.5. The van der Waals surface area contributed by atoms with E-state index in [-0.39, 0.29) is 17.3 Å². The van der Waals surface area contributed by atoms with Gasteiger partial charge in [0.1, 0.15) is 0 Å². The maximum absolute atomic E-state index is 13.2. The smallest absolute Gasteiger partial charge is 0.263 e. The molecule has 0 bridgehead atoms. The number of hydrogen-bond donors (Lipinski definition) is 0. The Morgan fingerprint density at radius 2 is 1.36 bits per heavy atom. The zero-order valence-corrected chi connectivity index (χ0v) is 16.8. The summed E-state index contributed by atoms with van der Waals surface area (Å²) >= 11 is 3.42. The molecule has 0 unspecified atom stereocenters. The second-order valence-corrected chi connectivity index (χ2v) is 7.38. The molecule has 0 N–H and O–H groups in total. The Hall–Kier alpha value is -3.11. The van der Waals surface area contributed by atoms with Crippen molar-refractivity contribution in [1.82, 2.24) is 0 Å². The Morgan fingerprint density at radius 1 is 0.750 bits per heavy atom. The van der Waals surface area contributed by atoms with E-state index in [0.717, 1.165) is 21.2 Å². The van der Waals surface area contributed by atoms with Crippen LogP contribution < -0.4 is 9.47 Å². The van der Waals surface area contributed by atoms with E-state index >= 15 is 0 Å². The lowest BCUT2D eigenvalue weighted by Crippen LogP contribution is -2.12. The van der Waals surface area contributed by atoms with Gasteiger partial charge in [-0.1, -0.05) is 64.5 Å². The van der Waals surface area contributed by atoms with Crippen molar-refractivity contribution in [2.75, 3.05) is 0 Å². The standard InChI is InChI=1S/C24H17BrO3/c1-16-7-12-20-21(13-16)28-23(15-18-8-10-19(25)11-9-18)24(26)22(27-20)14-17-5-3-2-4-6-17/h2-15H,1H3/b22-14-,23-15-. The number of hydrogen-bond acceptors (Lipinski definition) is 3. The number of ether oxygens (including phenoxy) is 2. The van der Waals surface area contributed by atoms with Gasteiger partial charge in [-0.15, -0.1) is 0 Å². The van der Waals surface area contributed by atoms with Gasteiger partial charge in [0, 0.05) is 4.47 Å². The first-order valence-electron chi connectivity index (χ1n) is 8.83. The first-order chi connectivity index (χ1) is 13.6. The Bertz CT molecular complexity index is 1080. The van der Waals surface area contributed by atoms with Crippen LogP contribution in [0.1, 0.15) is 16.7 Å². The summed E-state index contributed by atoms with van der Waals surface area (Å²) in [7, 11) is 0. The summed E-state index contributed by atoms with van der Waals surface area (Å²) in [6.45, 7) is 1.97. The van der Waals surface area contributed by atoms with Gasteiger partial charge in [-0.2, -0.15) is 0 Å². The maximum Gasteiger partial charge on any atom is 0.263 e. The summed E-state index contributed by atoms with van der Waals surface area (Å²) in [5.41, 5.74) is 2.76. The number of carbonyl (C=O) groups is 1. The summed E-state index contributed by atoms with van der Waals surface area (Å²) in [5.74, 6) is 1.17. The van der Waals surface area contributed by atoms with Crippen molar-refractivity contribution < 1.29 is 14.3 Å². The molecule has 3 aromatic rings. The molecule has 0 aromatic heterocycles. The highest BCUT2D eigenvalue weighted by molar-refractivity contribution is 9.10. The zero-order valence-electron chi connectivity index (χ0n) is 15.2. The SMILES string of the molecule is Cc1ccc2c(c1)O/C(=C\c1ccc(Br)cc1)C(=O)/C(=C/c1ccccc1)O2. The van der Waals surface area contributed by atoms with Crippen molar-refractivity contribution in [3.05, 3.63) is 105 Å². The van der Waals surface area contributed by atoms with E-state index in [0.29, 0.717) is 11.5 Å². The monoisotopic (exact) mass is 432 g/mol. The Kier molecular flexibility index (Phi) is 5.13. The molecule has 1 heterocycles. The number of benzene rings is 3. The van der Waals surface area contributed by atoms with Gasteiger partial charge in [0.05, 0.1) is 0 Å². The van der Waals surface area contributed by atoms with Gasteiger partial charge in [0.2, 0.25) is 0 Å². The molecule has 0 fully saturated rings.